The van der Waals surface area contributed by atoms with Crippen molar-refractivity contribution in [2.24, 2.45) is 5.92 Å². The summed E-state index contributed by atoms with van der Waals surface area (Å²) in [5.41, 5.74) is 1.80. The van der Waals surface area contributed by atoms with Gasteiger partial charge in [-0.05, 0) is 30.7 Å². The number of carbonyl (C=O) groups is 2. The van der Waals surface area contributed by atoms with Crippen molar-refractivity contribution in [1.29, 1.82) is 0 Å². The zero-order valence-electron chi connectivity index (χ0n) is 16.5. The summed E-state index contributed by atoms with van der Waals surface area (Å²) < 4.78 is 10.7. The lowest BCUT2D eigenvalue weighted by atomic mass is 9.92. The van der Waals surface area contributed by atoms with Gasteiger partial charge in [-0.1, -0.05) is 30.3 Å². The molecule has 1 fully saturated rings. The minimum Gasteiger partial charge on any atom is -0.497 e. The molecule has 0 aromatic heterocycles. The van der Waals surface area contributed by atoms with Gasteiger partial charge in [0.25, 0.3) is 0 Å². The van der Waals surface area contributed by atoms with Gasteiger partial charge in [-0.2, -0.15) is 0 Å². The third-order valence-electron chi connectivity index (χ3n) is 5.17. The number of carbonyl (C=O) groups excluding carboxylic acids is 2. The molecule has 0 radical (unpaired) electrons. The van der Waals surface area contributed by atoms with E-state index in [1.165, 1.54) is 0 Å². The number of hydrogen-bond acceptors (Lipinski definition) is 4. The summed E-state index contributed by atoms with van der Waals surface area (Å²) in [6.45, 7) is 2.85. The SMILES string of the molecule is CCN1C(=O)C[C@@H](C(=O)NCc2cccc(OC)c2)[C@@H]1c1ccccc1OC. The van der Waals surface area contributed by atoms with Gasteiger partial charge < -0.3 is 19.7 Å². The van der Waals surface area contributed by atoms with Gasteiger partial charge in [0.15, 0.2) is 0 Å². The van der Waals surface area contributed by atoms with Gasteiger partial charge in [-0.15, -0.1) is 0 Å². The maximum atomic E-state index is 13.0. The van der Waals surface area contributed by atoms with E-state index in [4.69, 9.17) is 9.47 Å². The van der Waals surface area contributed by atoms with E-state index in [0.29, 0.717) is 18.8 Å². The van der Waals surface area contributed by atoms with Crippen molar-refractivity contribution < 1.29 is 19.1 Å². The maximum Gasteiger partial charge on any atom is 0.226 e. The molecule has 1 aliphatic rings. The molecule has 0 aliphatic carbocycles. The average Bonchev–Trinajstić information content (AvgIpc) is 3.08. The van der Waals surface area contributed by atoms with Crippen molar-refractivity contribution in [2.75, 3.05) is 20.8 Å². The van der Waals surface area contributed by atoms with Crippen LogP contribution in [0.3, 0.4) is 0 Å². The van der Waals surface area contributed by atoms with Crippen LogP contribution in [0.4, 0.5) is 0 Å². The Morgan fingerprint density at radius 1 is 1.14 bits per heavy atom. The van der Waals surface area contributed by atoms with Crippen LogP contribution >= 0.6 is 0 Å². The minimum atomic E-state index is -0.464. The molecular formula is C22H26N2O4. The number of ether oxygens (including phenoxy) is 2. The third-order valence-corrected chi connectivity index (χ3v) is 5.17. The molecule has 1 saturated heterocycles. The molecule has 0 saturated carbocycles. The van der Waals surface area contributed by atoms with Crippen molar-refractivity contribution in [3.05, 3.63) is 59.7 Å². The molecule has 28 heavy (non-hydrogen) atoms. The van der Waals surface area contributed by atoms with Crippen LogP contribution in [0.1, 0.15) is 30.5 Å². The highest BCUT2D eigenvalue weighted by Crippen LogP contribution is 2.41. The van der Waals surface area contributed by atoms with Gasteiger partial charge in [-0.3, -0.25) is 9.59 Å². The van der Waals surface area contributed by atoms with Gasteiger partial charge in [0.1, 0.15) is 11.5 Å². The number of para-hydroxylation sites is 1. The van der Waals surface area contributed by atoms with Crippen LogP contribution < -0.4 is 14.8 Å². The Morgan fingerprint density at radius 2 is 1.93 bits per heavy atom. The van der Waals surface area contributed by atoms with Crippen LogP contribution in [0.15, 0.2) is 48.5 Å². The molecule has 0 bridgehead atoms. The van der Waals surface area contributed by atoms with Crippen molar-refractivity contribution in [2.45, 2.75) is 25.9 Å². The highest BCUT2D eigenvalue weighted by atomic mass is 16.5. The number of methoxy groups -OCH3 is 2. The van der Waals surface area contributed by atoms with Crippen LogP contribution in [0.25, 0.3) is 0 Å². The molecule has 1 N–H and O–H groups in total. The van der Waals surface area contributed by atoms with Gasteiger partial charge in [0, 0.05) is 25.1 Å². The summed E-state index contributed by atoms with van der Waals surface area (Å²) in [6, 6.07) is 14.8. The summed E-state index contributed by atoms with van der Waals surface area (Å²) in [4.78, 5) is 27.3. The molecule has 2 aromatic carbocycles. The number of nitrogens with one attached hydrogen (secondary N) is 1. The predicted molar refractivity (Wildman–Crippen MR) is 106 cm³/mol. The molecule has 2 aromatic rings. The molecule has 148 valence electrons. The Bertz CT molecular complexity index is 852. The van der Waals surface area contributed by atoms with Crippen molar-refractivity contribution in [3.63, 3.8) is 0 Å². The summed E-state index contributed by atoms with van der Waals surface area (Å²) in [5, 5.41) is 2.98. The van der Waals surface area contributed by atoms with Crippen LogP contribution in [-0.4, -0.2) is 37.5 Å². The molecule has 6 heteroatoms. The third kappa shape index (κ3) is 3.96. The smallest absolute Gasteiger partial charge is 0.226 e. The normalized spacial score (nSPS) is 18.8. The first-order valence-electron chi connectivity index (χ1n) is 9.42. The summed E-state index contributed by atoms with van der Waals surface area (Å²) in [6.07, 6.45) is 0.195. The standard InChI is InChI=1S/C22H26N2O4/c1-4-24-20(25)13-18(21(24)17-10-5-6-11-19(17)28-3)22(26)23-14-15-8-7-9-16(12-15)27-2/h5-12,18,21H,4,13-14H2,1-3H3,(H,23,26)/t18-,21+/m1/s1. The lowest BCUT2D eigenvalue weighted by molar-refractivity contribution is -0.129. The van der Waals surface area contributed by atoms with Crippen molar-refractivity contribution >= 4 is 11.8 Å². The van der Waals surface area contributed by atoms with Crippen molar-refractivity contribution in [1.82, 2.24) is 10.2 Å². The monoisotopic (exact) mass is 382 g/mol. The molecule has 0 spiro atoms. The zero-order valence-corrected chi connectivity index (χ0v) is 16.5. The van der Waals surface area contributed by atoms with E-state index in [2.05, 4.69) is 5.32 Å². The van der Waals surface area contributed by atoms with E-state index in [-0.39, 0.29) is 24.3 Å². The van der Waals surface area contributed by atoms with Crippen LogP contribution in [0.5, 0.6) is 11.5 Å². The Labute approximate surface area is 165 Å². The number of amides is 2. The lowest BCUT2D eigenvalue weighted by Crippen LogP contribution is -2.35. The average molecular weight is 382 g/mol. The molecule has 2 atom stereocenters. The van der Waals surface area contributed by atoms with Gasteiger partial charge in [0.2, 0.25) is 11.8 Å². The van der Waals surface area contributed by atoms with Gasteiger partial charge >= 0.3 is 0 Å². The first kappa shape index (κ1) is 19.7. The Balaban J connectivity index is 1.81. The number of hydrogen-bond donors (Lipinski definition) is 1. The fourth-order valence-corrected chi connectivity index (χ4v) is 3.80. The predicted octanol–water partition coefficient (Wildman–Crippen LogP) is 2.93. The Hall–Kier alpha value is -3.02. The van der Waals surface area contributed by atoms with E-state index in [9.17, 15) is 9.59 Å². The molecule has 2 amide bonds. The largest absolute Gasteiger partial charge is 0.497 e. The molecule has 3 rings (SSSR count). The van der Waals surface area contributed by atoms with Gasteiger partial charge in [-0.25, -0.2) is 0 Å². The van der Waals surface area contributed by atoms with E-state index >= 15 is 0 Å². The van der Waals surface area contributed by atoms with E-state index in [0.717, 1.165) is 16.9 Å². The number of likely N-dealkylation sites (tertiary alicyclic amines) is 1. The fraction of sp³-hybridized carbons (Fsp3) is 0.364. The van der Waals surface area contributed by atoms with Crippen LogP contribution in [0.2, 0.25) is 0 Å². The maximum absolute atomic E-state index is 13.0. The van der Waals surface area contributed by atoms with E-state index in [1.807, 2.05) is 55.5 Å². The van der Waals surface area contributed by atoms with Gasteiger partial charge in [0.05, 0.1) is 26.2 Å². The van der Waals surface area contributed by atoms with E-state index in [1.54, 1.807) is 19.1 Å². The lowest BCUT2D eigenvalue weighted by Gasteiger charge is -2.28. The number of benzene rings is 2. The highest BCUT2D eigenvalue weighted by molar-refractivity contribution is 5.90. The van der Waals surface area contributed by atoms with Crippen LogP contribution in [0, 0.1) is 5.92 Å². The second kappa shape index (κ2) is 8.78. The summed E-state index contributed by atoms with van der Waals surface area (Å²) >= 11 is 0. The fourth-order valence-electron chi connectivity index (χ4n) is 3.80. The first-order chi connectivity index (χ1) is 13.6. The molecular weight excluding hydrogens is 356 g/mol. The Kier molecular flexibility index (Phi) is 6.19. The molecule has 6 nitrogen and oxygen atoms in total. The zero-order chi connectivity index (χ0) is 20.1. The van der Waals surface area contributed by atoms with Crippen LogP contribution in [-0.2, 0) is 16.1 Å². The quantitative estimate of drug-likeness (QED) is 0.800. The highest BCUT2D eigenvalue weighted by Gasteiger charge is 2.44. The number of nitrogens with zero attached hydrogens (tertiary/aromatic N) is 1. The van der Waals surface area contributed by atoms with E-state index < -0.39 is 5.92 Å². The minimum absolute atomic E-state index is 0.0139. The molecule has 0 unspecified atom stereocenters. The second-order valence-electron chi connectivity index (χ2n) is 6.75. The topological polar surface area (TPSA) is 67.9 Å². The Morgan fingerprint density at radius 3 is 2.64 bits per heavy atom. The number of rotatable bonds is 7. The first-order valence-corrected chi connectivity index (χ1v) is 9.42. The molecule has 1 heterocycles. The van der Waals surface area contributed by atoms with Crippen molar-refractivity contribution in [3.8, 4) is 11.5 Å². The summed E-state index contributed by atoms with van der Waals surface area (Å²) in [5.74, 6) is 0.815. The summed E-state index contributed by atoms with van der Waals surface area (Å²) in [7, 11) is 3.21. The second-order valence-corrected chi connectivity index (χ2v) is 6.75. The molecule has 1 aliphatic heterocycles.